The smallest absolute Gasteiger partial charge is 0.384 e. The topological polar surface area (TPSA) is 127 Å². The molecule has 10 nitrogen and oxygen atoms in total. The fourth-order valence-corrected chi connectivity index (χ4v) is 3.74. The van der Waals surface area contributed by atoms with Crippen molar-refractivity contribution in [3.63, 3.8) is 0 Å². The van der Waals surface area contributed by atoms with Gasteiger partial charge in [0.1, 0.15) is 22.5 Å². The summed E-state index contributed by atoms with van der Waals surface area (Å²) in [6, 6.07) is 7.52. The summed E-state index contributed by atoms with van der Waals surface area (Å²) in [5.74, 6) is 0.327. The van der Waals surface area contributed by atoms with Gasteiger partial charge in [0.05, 0.1) is 28.7 Å². The lowest BCUT2D eigenvalue weighted by atomic mass is 10.2. The highest BCUT2D eigenvalue weighted by Crippen LogP contribution is 2.40. The third kappa shape index (κ3) is 2.67. The highest BCUT2D eigenvalue weighted by molar-refractivity contribution is 6.06. The number of nitrogen functional groups attached to an aromatic ring is 1. The van der Waals surface area contributed by atoms with Crippen LogP contribution in [0.25, 0.3) is 33.3 Å². The zero-order valence-electron chi connectivity index (χ0n) is 16.4. The molecule has 0 aliphatic rings. The normalized spacial score (nSPS) is 11.6. The molecule has 0 aliphatic heterocycles. The second-order valence-corrected chi connectivity index (χ2v) is 6.98. The summed E-state index contributed by atoms with van der Waals surface area (Å²) in [5, 5.41) is 15.8. The molecule has 150 valence electrons. The summed E-state index contributed by atoms with van der Waals surface area (Å²) in [6.07, 6.45) is 1.66. The van der Waals surface area contributed by atoms with E-state index < -0.39 is 16.3 Å². The maximum Gasteiger partial charge on any atom is 0.398 e. The highest BCUT2D eigenvalue weighted by Gasteiger charge is 2.31. The number of rotatable bonds is 5. The number of para-hydroxylation sites is 2. The van der Waals surface area contributed by atoms with E-state index in [1.165, 1.54) is 7.05 Å². The quantitative estimate of drug-likeness (QED) is 0.409. The highest BCUT2D eigenvalue weighted by atomic mass is 16.6. The van der Waals surface area contributed by atoms with Gasteiger partial charge in [-0.1, -0.05) is 25.5 Å². The van der Waals surface area contributed by atoms with Crippen LogP contribution >= 0.6 is 0 Å². The maximum atomic E-state index is 12.9. The lowest BCUT2D eigenvalue weighted by Crippen LogP contribution is -2.23. The Balaban J connectivity index is 2.20. The number of aryl methyl sites for hydroxylation is 3. The monoisotopic (exact) mass is 395 g/mol. The van der Waals surface area contributed by atoms with E-state index in [0.717, 1.165) is 28.6 Å². The van der Waals surface area contributed by atoms with Crippen molar-refractivity contribution in [3.05, 3.63) is 44.7 Å². The second-order valence-electron chi connectivity index (χ2n) is 6.98. The van der Waals surface area contributed by atoms with Crippen LogP contribution in [0, 0.1) is 10.1 Å². The minimum absolute atomic E-state index is 0.130. The number of fused-ring (bicyclic) bond motifs is 2. The molecule has 0 aliphatic carbocycles. The van der Waals surface area contributed by atoms with Crippen molar-refractivity contribution in [2.24, 2.45) is 14.1 Å². The Morgan fingerprint density at radius 2 is 1.97 bits per heavy atom. The van der Waals surface area contributed by atoms with Crippen molar-refractivity contribution >= 4 is 33.6 Å². The Hall–Kier alpha value is -3.69. The van der Waals surface area contributed by atoms with Crippen molar-refractivity contribution < 1.29 is 4.92 Å². The third-order valence-electron chi connectivity index (χ3n) is 5.19. The second kappa shape index (κ2) is 6.73. The van der Waals surface area contributed by atoms with Crippen LogP contribution in [0.4, 0.5) is 11.6 Å². The Labute approximate surface area is 165 Å². The molecule has 0 saturated heterocycles. The number of aromatic nitrogens is 5. The standard InChI is InChI=1S/C19H21N7O3/c1-4-5-10-25-15-13(18(26(28)29)22-24(3)19(15)27)14(16(25)20)17-21-11-8-6-7-9-12(11)23(17)2/h6-9H,4-5,10,20H2,1-3H3. The van der Waals surface area contributed by atoms with Crippen molar-refractivity contribution in [1.82, 2.24) is 23.9 Å². The molecule has 0 atom stereocenters. The first kappa shape index (κ1) is 18.7. The number of nitrogens with zero attached hydrogens (tertiary/aromatic N) is 6. The van der Waals surface area contributed by atoms with Gasteiger partial charge in [0.25, 0.3) is 0 Å². The predicted molar refractivity (Wildman–Crippen MR) is 111 cm³/mol. The minimum atomic E-state index is -0.586. The average molecular weight is 395 g/mol. The van der Waals surface area contributed by atoms with Crippen LogP contribution in [0.15, 0.2) is 29.1 Å². The number of hydrogen-bond acceptors (Lipinski definition) is 6. The van der Waals surface area contributed by atoms with Crippen molar-refractivity contribution in [3.8, 4) is 11.4 Å². The maximum absolute atomic E-state index is 12.9. The van der Waals surface area contributed by atoms with Gasteiger partial charge < -0.3 is 25.0 Å². The molecule has 3 aromatic heterocycles. The van der Waals surface area contributed by atoms with E-state index in [9.17, 15) is 14.9 Å². The summed E-state index contributed by atoms with van der Waals surface area (Å²) in [5.41, 5.74) is 8.19. The van der Waals surface area contributed by atoms with E-state index in [4.69, 9.17) is 5.73 Å². The molecule has 4 aromatic rings. The van der Waals surface area contributed by atoms with Gasteiger partial charge in [-0.25, -0.2) is 4.98 Å². The number of anilines is 1. The molecular formula is C19H21N7O3. The lowest BCUT2D eigenvalue weighted by molar-refractivity contribution is -0.388. The molecule has 0 amide bonds. The van der Waals surface area contributed by atoms with Crippen LogP contribution < -0.4 is 11.3 Å². The Morgan fingerprint density at radius 1 is 1.24 bits per heavy atom. The van der Waals surface area contributed by atoms with Gasteiger partial charge in [-0.15, -0.1) is 4.68 Å². The van der Waals surface area contributed by atoms with Crippen LogP contribution in [0.3, 0.4) is 0 Å². The van der Waals surface area contributed by atoms with Crippen molar-refractivity contribution in [1.29, 1.82) is 0 Å². The first-order valence-electron chi connectivity index (χ1n) is 9.32. The molecule has 0 saturated carbocycles. The van der Waals surface area contributed by atoms with Gasteiger partial charge in [0.2, 0.25) is 0 Å². The zero-order chi connectivity index (χ0) is 20.9. The fourth-order valence-electron chi connectivity index (χ4n) is 3.74. The van der Waals surface area contributed by atoms with Gasteiger partial charge in [-0.05, 0) is 23.5 Å². The Kier molecular flexibility index (Phi) is 4.33. The molecule has 0 fully saturated rings. The molecule has 3 heterocycles. The number of imidazole rings is 1. The van der Waals surface area contributed by atoms with E-state index in [0.29, 0.717) is 17.9 Å². The largest absolute Gasteiger partial charge is 0.398 e. The number of unbranched alkanes of at least 4 members (excludes halogenated alkanes) is 1. The first-order chi connectivity index (χ1) is 13.9. The summed E-state index contributed by atoms with van der Waals surface area (Å²) >= 11 is 0. The minimum Gasteiger partial charge on any atom is -0.384 e. The van der Waals surface area contributed by atoms with E-state index in [-0.39, 0.29) is 16.7 Å². The van der Waals surface area contributed by atoms with Crippen LogP contribution in [-0.4, -0.2) is 28.8 Å². The summed E-state index contributed by atoms with van der Waals surface area (Å²) < 4.78 is 4.47. The number of nitro groups is 1. The van der Waals surface area contributed by atoms with Crippen molar-refractivity contribution in [2.75, 3.05) is 5.73 Å². The lowest BCUT2D eigenvalue weighted by Gasteiger charge is -2.07. The van der Waals surface area contributed by atoms with E-state index in [2.05, 4.69) is 10.1 Å². The molecule has 0 bridgehead atoms. The molecule has 0 spiro atoms. The summed E-state index contributed by atoms with van der Waals surface area (Å²) in [6.45, 7) is 2.50. The zero-order valence-corrected chi connectivity index (χ0v) is 16.4. The van der Waals surface area contributed by atoms with Crippen LogP contribution in [0.1, 0.15) is 19.8 Å². The third-order valence-corrected chi connectivity index (χ3v) is 5.19. The number of benzene rings is 1. The molecule has 2 N–H and O–H groups in total. The average Bonchev–Trinajstić information content (AvgIpc) is 3.17. The number of hydrogen-bond donors (Lipinski definition) is 1. The van der Waals surface area contributed by atoms with E-state index in [1.54, 1.807) is 4.57 Å². The van der Waals surface area contributed by atoms with Gasteiger partial charge in [0.15, 0.2) is 0 Å². The molecule has 10 heteroatoms. The van der Waals surface area contributed by atoms with Crippen LogP contribution in [0.2, 0.25) is 0 Å². The summed E-state index contributed by atoms with van der Waals surface area (Å²) in [4.78, 5) is 28.8. The number of nitrogens with two attached hydrogens (primary N) is 1. The Morgan fingerprint density at radius 3 is 2.62 bits per heavy atom. The molecule has 4 rings (SSSR count). The molecule has 0 unspecified atom stereocenters. The predicted octanol–water partition coefficient (Wildman–Crippen LogP) is 2.58. The molecule has 29 heavy (non-hydrogen) atoms. The Bertz CT molecular complexity index is 1330. The molecule has 0 radical (unpaired) electrons. The van der Waals surface area contributed by atoms with Gasteiger partial charge in [-0.3, -0.25) is 4.79 Å². The van der Waals surface area contributed by atoms with Crippen LogP contribution in [0.5, 0.6) is 0 Å². The van der Waals surface area contributed by atoms with E-state index >= 15 is 0 Å². The van der Waals surface area contributed by atoms with Gasteiger partial charge in [0, 0.05) is 13.6 Å². The van der Waals surface area contributed by atoms with Crippen molar-refractivity contribution in [2.45, 2.75) is 26.3 Å². The molecular weight excluding hydrogens is 374 g/mol. The SMILES string of the molecule is CCCCn1c(N)c(-c2nc3ccccc3n2C)c2c([N+](=O)[O-])nn(C)c(=O)c21. The first-order valence-corrected chi connectivity index (χ1v) is 9.32. The molecule has 1 aromatic carbocycles. The van der Waals surface area contributed by atoms with Gasteiger partial charge in [-0.2, -0.15) is 0 Å². The van der Waals surface area contributed by atoms with Crippen LogP contribution in [-0.2, 0) is 20.6 Å². The summed E-state index contributed by atoms with van der Waals surface area (Å²) in [7, 11) is 3.22. The fraction of sp³-hybridized carbons (Fsp3) is 0.316. The van der Waals surface area contributed by atoms with Gasteiger partial charge >= 0.3 is 11.4 Å². The van der Waals surface area contributed by atoms with E-state index in [1.807, 2.05) is 42.8 Å².